The second-order valence-corrected chi connectivity index (χ2v) is 4.92. The van der Waals surface area contributed by atoms with Crippen molar-refractivity contribution in [1.29, 1.82) is 0 Å². The third-order valence-electron chi connectivity index (χ3n) is 3.68. The van der Waals surface area contributed by atoms with Crippen molar-refractivity contribution in [2.24, 2.45) is 5.92 Å². The van der Waals surface area contributed by atoms with Crippen molar-refractivity contribution in [3.8, 4) is 0 Å². The number of nitrogens with one attached hydrogen (secondary N) is 1. The van der Waals surface area contributed by atoms with Crippen LogP contribution in [0.4, 0.5) is 0 Å². The first-order chi connectivity index (χ1) is 8.08. The number of aliphatic carboxylic acids is 1. The lowest BCUT2D eigenvalue weighted by atomic mass is 9.90. The lowest BCUT2D eigenvalue weighted by molar-refractivity contribution is -0.138. The van der Waals surface area contributed by atoms with Crippen molar-refractivity contribution in [2.75, 3.05) is 6.54 Å². The first kappa shape index (κ1) is 12.1. The van der Waals surface area contributed by atoms with E-state index in [0.717, 1.165) is 13.0 Å². The van der Waals surface area contributed by atoms with Gasteiger partial charge in [0.25, 0.3) is 0 Å². The Morgan fingerprint density at radius 3 is 2.82 bits per heavy atom. The van der Waals surface area contributed by atoms with Crippen molar-refractivity contribution in [2.45, 2.75) is 32.7 Å². The summed E-state index contributed by atoms with van der Waals surface area (Å²) in [6.45, 7) is 5.10. The second kappa shape index (κ2) is 4.88. The van der Waals surface area contributed by atoms with Gasteiger partial charge in [-0.3, -0.25) is 4.79 Å². The molecule has 1 aliphatic rings. The first-order valence-corrected chi connectivity index (χ1v) is 6.10. The molecule has 92 valence electrons. The van der Waals surface area contributed by atoms with Crippen LogP contribution in [0.3, 0.4) is 0 Å². The summed E-state index contributed by atoms with van der Waals surface area (Å²) in [7, 11) is 0. The molecule has 2 unspecified atom stereocenters. The molecule has 3 nitrogen and oxygen atoms in total. The van der Waals surface area contributed by atoms with Gasteiger partial charge < -0.3 is 10.4 Å². The van der Waals surface area contributed by atoms with E-state index in [9.17, 15) is 4.79 Å². The van der Waals surface area contributed by atoms with Gasteiger partial charge in [0.1, 0.15) is 0 Å². The van der Waals surface area contributed by atoms with Gasteiger partial charge in [-0.1, -0.05) is 18.2 Å². The molecule has 0 bridgehead atoms. The molecular weight excluding hydrogens is 214 g/mol. The smallest absolute Gasteiger partial charge is 0.303 e. The van der Waals surface area contributed by atoms with Crippen LogP contribution in [0.2, 0.25) is 0 Å². The largest absolute Gasteiger partial charge is 0.481 e. The molecule has 0 aliphatic carbocycles. The maximum atomic E-state index is 10.8. The number of hydrogen-bond donors (Lipinski definition) is 2. The minimum atomic E-state index is -0.701. The minimum Gasteiger partial charge on any atom is -0.481 e. The third-order valence-corrected chi connectivity index (χ3v) is 3.68. The molecule has 3 heteroatoms. The highest BCUT2D eigenvalue weighted by Gasteiger charge is 2.29. The van der Waals surface area contributed by atoms with Gasteiger partial charge in [0.15, 0.2) is 0 Å². The van der Waals surface area contributed by atoms with E-state index in [2.05, 4.69) is 37.4 Å². The van der Waals surface area contributed by atoms with Gasteiger partial charge in [-0.2, -0.15) is 0 Å². The van der Waals surface area contributed by atoms with Crippen molar-refractivity contribution in [3.63, 3.8) is 0 Å². The van der Waals surface area contributed by atoms with Crippen molar-refractivity contribution in [3.05, 3.63) is 34.9 Å². The molecular formula is C14H19NO2. The third kappa shape index (κ3) is 2.67. The molecule has 2 atom stereocenters. The van der Waals surface area contributed by atoms with E-state index >= 15 is 0 Å². The van der Waals surface area contributed by atoms with Crippen molar-refractivity contribution in [1.82, 2.24) is 5.32 Å². The summed E-state index contributed by atoms with van der Waals surface area (Å²) in [5.74, 6) is -0.484. The van der Waals surface area contributed by atoms with Crippen LogP contribution in [-0.2, 0) is 4.79 Å². The Labute approximate surface area is 102 Å². The predicted octanol–water partition coefficient (Wildman–Crippen LogP) is 2.43. The van der Waals surface area contributed by atoms with E-state index in [1.807, 2.05) is 0 Å². The minimum absolute atomic E-state index is 0.199. The summed E-state index contributed by atoms with van der Waals surface area (Å²) in [5, 5.41) is 12.3. The van der Waals surface area contributed by atoms with E-state index in [0.29, 0.717) is 0 Å². The van der Waals surface area contributed by atoms with Crippen LogP contribution in [0.1, 0.15) is 35.6 Å². The van der Waals surface area contributed by atoms with Crippen molar-refractivity contribution < 1.29 is 9.90 Å². The average molecular weight is 233 g/mol. The molecule has 0 spiro atoms. The quantitative estimate of drug-likeness (QED) is 0.843. The van der Waals surface area contributed by atoms with E-state index in [1.54, 1.807) is 0 Å². The Morgan fingerprint density at radius 1 is 1.41 bits per heavy atom. The summed E-state index contributed by atoms with van der Waals surface area (Å²) in [6, 6.07) is 6.60. The molecule has 2 rings (SSSR count). The Balaban J connectivity index is 2.20. The highest BCUT2D eigenvalue weighted by molar-refractivity contribution is 5.67. The van der Waals surface area contributed by atoms with Crippen LogP contribution in [-0.4, -0.2) is 17.6 Å². The zero-order chi connectivity index (χ0) is 12.4. The number of carbonyl (C=O) groups is 1. The predicted molar refractivity (Wildman–Crippen MR) is 67.0 cm³/mol. The molecule has 1 aliphatic heterocycles. The molecule has 2 N–H and O–H groups in total. The maximum Gasteiger partial charge on any atom is 0.303 e. The Kier molecular flexibility index (Phi) is 3.48. The Bertz CT molecular complexity index is 428. The fraction of sp³-hybridized carbons (Fsp3) is 0.500. The number of benzene rings is 1. The van der Waals surface area contributed by atoms with E-state index < -0.39 is 5.97 Å². The summed E-state index contributed by atoms with van der Waals surface area (Å²) in [5.41, 5.74) is 3.77. The van der Waals surface area contributed by atoms with E-state index in [-0.39, 0.29) is 18.4 Å². The maximum absolute atomic E-state index is 10.8. The number of aryl methyl sites for hydroxylation is 2. The molecule has 0 amide bonds. The fourth-order valence-corrected chi connectivity index (χ4v) is 2.55. The summed E-state index contributed by atoms with van der Waals surface area (Å²) >= 11 is 0. The number of carboxylic acids is 1. The molecule has 0 aromatic heterocycles. The van der Waals surface area contributed by atoms with Gasteiger partial charge in [0.05, 0.1) is 6.42 Å². The molecule has 1 heterocycles. The molecule has 0 saturated carbocycles. The van der Waals surface area contributed by atoms with Gasteiger partial charge in [-0.15, -0.1) is 0 Å². The highest BCUT2D eigenvalue weighted by Crippen LogP contribution is 2.32. The van der Waals surface area contributed by atoms with Gasteiger partial charge in [-0.05, 0) is 49.4 Å². The van der Waals surface area contributed by atoms with Gasteiger partial charge in [-0.25, -0.2) is 0 Å². The molecule has 1 fully saturated rings. The Hall–Kier alpha value is -1.35. The number of rotatable bonds is 3. The molecule has 1 aromatic rings. The second-order valence-electron chi connectivity index (χ2n) is 4.92. The van der Waals surface area contributed by atoms with Crippen LogP contribution in [0.5, 0.6) is 0 Å². The lowest BCUT2D eigenvalue weighted by Crippen LogP contribution is -2.20. The van der Waals surface area contributed by atoms with Crippen LogP contribution in [0.15, 0.2) is 18.2 Å². The summed E-state index contributed by atoms with van der Waals surface area (Å²) in [4.78, 5) is 10.8. The summed E-state index contributed by atoms with van der Waals surface area (Å²) in [6.07, 6.45) is 1.20. The average Bonchev–Trinajstić information content (AvgIpc) is 2.69. The monoisotopic (exact) mass is 233 g/mol. The van der Waals surface area contributed by atoms with Gasteiger partial charge in [0.2, 0.25) is 0 Å². The van der Waals surface area contributed by atoms with Crippen LogP contribution < -0.4 is 5.32 Å². The molecule has 1 aromatic carbocycles. The standard InChI is InChI=1S/C14H19NO2/c1-9-3-4-11(7-10(9)2)14-12(5-6-15-14)8-13(16)17/h3-4,7,12,14-15H,5-6,8H2,1-2H3,(H,16,17). The number of hydrogen-bond acceptors (Lipinski definition) is 2. The Morgan fingerprint density at radius 2 is 2.18 bits per heavy atom. The topological polar surface area (TPSA) is 49.3 Å². The lowest BCUT2D eigenvalue weighted by Gasteiger charge is -2.19. The first-order valence-electron chi connectivity index (χ1n) is 6.10. The van der Waals surface area contributed by atoms with Gasteiger partial charge in [0, 0.05) is 6.04 Å². The molecule has 17 heavy (non-hydrogen) atoms. The van der Waals surface area contributed by atoms with Crippen molar-refractivity contribution >= 4 is 5.97 Å². The molecule has 1 saturated heterocycles. The number of carboxylic acid groups (broad SMARTS) is 1. The summed E-state index contributed by atoms with van der Waals surface area (Å²) < 4.78 is 0. The SMILES string of the molecule is Cc1ccc(C2NCCC2CC(=O)O)cc1C. The van der Waals surface area contributed by atoms with E-state index in [4.69, 9.17) is 5.11 Å². The van der Waals surface area contributed by atoms with Crippen LogP contribution >= 0.6 is 0 Å². The van der Waals surface area contributed by atoms with Crippen LogP contribution in [0, 0.1) is 19.8 Å². The molecule has 0 radical (unpaired) electrons. The van der Waals surface area contributed by atoms with E-state index in [1.165, 1.54) is 16.7 Å². The van der Waals surface area contributed by atoms with Gasteiger partial charge >= 0.3 is 5.97 Å². The highest BCUT2D eigenvalue weighted by atomic mass is 16.4. The fourth-order valence-electron chi connectivity index (χ4n) is 2.55. The normalized spacial score (nSPS) is 23.9. The zero-order valence-electron chi connectivity index (χ0n) is 10.4. The van der Waals surface area contributed by atoms with Crippen LogP contribution in [0.25, 0.3) is 0 Å². The zero-order valence-corrected chi connectivity index (χ0v) is 10.4.